The van der Waals surface area contributed by atoms with Gasteiger partial charge in [-0.15, -0.1) is 0 Å². The lowest BCUT2D eigenvalue weighted by Crippen LogP contribution is -2.54. The lowest BCUT2D eigenvalue weighted by Gasteiger charge is -2.51. The predicted octanol–water partition coefficient (Wildman–Crippen LogP) is 3.08. The minimum Gasteiger partial charge on any atom is -0.508 e. The zero-order valence-electron chi connectivity index (χ0n) is 11.6. The van der Waals surface area contributed by atoms with E-state index in [2.05, 4.69) is 31.7 Å². The van der Waals surface area contributed by atoms with Crippen LogP contribution < -0.4 is 0 Å². The van der Waals surface area contributed by atoms with Crippen LogP contribution in [-0.4, -0.2) is 28.6 Å². The van der Waals surface area contributed by atoms with Crippen LogP contribution in [0.15, 0.2) is 18.2 Å². The van der Waals surface area contributed by atoms with Gasteiger partial charge in [0.25, 0.3) is 0 Å². The molecule has 2 aliphatic rings. The fourth-order valence-corrected chi connectivity index (χ4v) is 3.97. The number of benzene rings is 1. The van der Waals surface area contributed by atoms with Crippen LogP contribution in [0.25, 0.3) is 0 Å². The number of likely N-dealkylation sites (tertiary alicyclic amines) is 1. The van der Waals surface area contributed by atoms with Crippen LogP contribution in [0.1, 0.15) is 44.7 Å². The minimum absolute atomic E-state index is 0.266. The first-order valence-corrected chi connectivity index (χ1v) is 7.08. The summed E-state index contributed by atoms with van der Waals surface area (Å²) in [5.74, 6) is 0.416. The molecule has 0 saturated carbocycles. The van der Waals surface area contributed by atoms with Crippen molar-refractivity contribution in [3.8, 4) is 5.75 Å². The lowest BCUT2D eigenvalue weighted by atomic mass is 9.65. The van der Waals surface area contributed by atoms with Crippen molar-refractivity contribution >= 4 is 0 Å². The molecule has 3 rings (SSSR count). The largest absolute Gasteiger partial charge is 0.508 e. The van der Waals surface area contributed by atoms with Crippen molar-refractivity contribution in [3.63, 3.8) is 0 Å². The van der Waals surface area contributed by atoms with Gasteiger partial charge in [-0.1, -0.05) is 13.0 Å². The van der Waals surface area contributed by atoms with Crippen molar-refractivity contribution < 1.29 is 5.11 Å². The first kappa shape index (κ1) is 12.0. The molecule has 2 atom stereocenters. The molecule has 1 aromatic rings. The Kier molecular flexibility index (Phi) is 2.67. The molecular weight excluding hydrogens is 222 g/mol. The van der Waals surface area contributed by atoms with E-state index in [0.717, 1.165) is 6.42 Å². The molecule has 1 aliphatic heterocycles. The van der Waals surface area contributed by atoms with E-state index in [-0.39, 0.29) is 5.41 Å². The average Bonchev–Trinajstić information content (AvgIpc) is 2.30. The Hall–Kier alpha value is -1.02. The molecule has 1 N–H and O–H groups in total. The topological polar surface area (TPSA) is 23.5 Å². The third kappa shape index (κ3) is 1.74. The highest BCUT2D eigenvalue weighted by Gasteiger charge is 2.43. The van der Waals surface area contributed by atoms with E-state index in [1.165, 1.54) is 30.5 Å². The summed E-state index contributed by atoms with van der Waals surface area (Å²) in [6.45, 7) is 8.16. The summed E-state index contributed by atoms with van der Waals surface area (Å²) in [5, 5.41) is 9.73. The SMILES string of the molecule is CC(C)N1CC[C@@]2(C)CC1Cc1ccc(O)cc12. The highest BCUT2D eigenvalue weighted by Crippen LogP contribution is 2.45. The first-order valence-electron chi connectivity index (χ1n) is 7.08. The molecule has 1 aromatic carbocycles. The molecule has 18 heavy (non-hydrogen) atoms. The van der Waals surface area contributed by atoms with Crippen LogP contribution in [-0.2, 0) is 11.8 Å². The Balaban J connectivity index is 2.02. The monoisotopic (exact) mass is 245 g/mol. The molecule has 2 nitrogen and oxygen atoms in total. The molecule has 1 aliphatic carbocycles. The second kappa shape index (κ2) is 3.99. The highest BCUT2D eigenvalue weighted by atomic mass is 16.3. The quantitative estimate of drug-likeness (QED) is 0.822. The first-order chi connectivity index (χ1) is 8.49. The van der Waals surface area contributed by atoms with Gasteiger partial charge in [0, 0.05) is 12.1 Å². The van der Waals surface area contributed by atoms with Crippen molar-refractivity contribution in [3.05, 3.63) is 29.3 Å². The molecule has 0 radical (unpaired) electrons. The van der Waals surface area contributed by atoms with E-state index in [1.54, 1.807) is 0 Å². The van der Waals surface area contributed by atoms with E-state index in [4.69, 9.17) is 0 Å². The molecule has 1 heterocycles. The molecule has 0 amide bonds. The van der Waals surface area contributed by atoms with Crippen LogP contribution in [0.2, 0.25) is 0 Å². The second-order valence-electron chi connectivity index (χ2n) is 6.55. The number of phenols is 1. The van der Waals surface area contributed by atoms with E-state index < -0.39 is 0 Å². The summed E-state index contributed by atoms with van der Waals surface area (Å²) < 4.78 is 0. The molecule has 1 saturated heterocycles. The smallest absolute Gasteiger partial charge is 0.115 e. The molecule has 0 spiro atoms. The van der Waals surface area contributed by atoms with Gasteiger partial charge >= 0.3 is 0 Å². The zero-order chi connectivity index (χ0) is 12.9. The molecule has 2 heteroatoms. The normalized spacial score (nSPS) is 31.4. The Morgan fingerprint density at radius 2 is 2.17 bits per heavy atom. The summed E-state index contributed by atoms with van der Waals surface area (Å²) in [4.78, 5) is 2.65. The van der Waals surface area contributed by atoms with Crippen molar-refractivity contribution in [1.82, 2.24) is 4.90 Å². The Bertz CT molecular complexity index is 468. The van der Waals surface area contributed by atoms with Crippen molar-refractivity contribution in [1.29, 1.82) is 0 Å². The summed E-state index contributed by atoms with van der Waals surface area (Å²) in [5.41, 5.74) is 3.10. The Labute approximate surface area is 110 Å². The van der Waals surface area contributed by atoms with Gasteiger partial charge in [0.2, 0.25) is 0 Å². The van der Waals surface area contributed by atoms with E-state index >= 15 is 0 Å². The van der Waals surface area contributed by atoms with Crippen LogP contribution in [0, 0.1) is 0 Å². The van der Waals surface area contributed by atoms with Crippen LogP contribution in [0.5, 0.6) is 5.75 Å². The summed E-state index contributed by atoms with van der Waals surface area (Å²) in [7, 11) is 0. The number of piperidine rings is 1. The Morgan fingerprint density at radius 1 is 1.39 bits per heavy atom. The van der Waals surface area contributed by atoms with E-state index in [0.29, 0.717) is 17.8 Å². The summed E-state index contributed by atoms with van der Waals surface area (Å²) in [6, 6.07) is 7.28. The van der Waals surface area contributed by atoms with Gasteiger partial charge in [0.1, 0.15) is 5.75 Å². The molecule has 98 valence electrons. The predicted molar refractivity (Wildman–Crippen MR) is 74.0 cm³/mol. The van der Waals surface area contributed by atoms with Gasteiger partial charge in [0.15, 0.2) is 0 Å². The number of nitrogens with zero attached hydrogens (tertiary/aromatic N) is 1. The van der Waals surface area contributed by atoms with Crippen molar-refractivity contribution in [2.75, 3.05) is 6.54 Å². The molecule has 1 fully saturated rings. The third-order valence-electron chi connectivity index (χ3n) is 4.94. The average molecular weight is 245 g/mol. The summed E-state index contributed by atoms with van der Waals surface area (Å²) in [6.07, 6.45) is 3.59. The zero-order valence-corrected chi connectivity index (χ0v) is 11.6. The van der Waals surface area contributed by atoms with Gasteiger partial charge in [-0.2, -0.15) is 0 Å². The molecule has 2 bridgehead atoms. The molecule has 1 unspecified atom stereocenters. The fourth-order valence-electron chi connectivity index (χ4n) is 3.97. The van der Waals surface area contributed by atoms with Crippen molar-refractivity contribution in [2.24, 2.45) is 0 Å². The van der Waals surface area contributed by atoms with Gasteiger partial charge in [-0.3, -0.25) is 4.90 Å². The number of aromatic hydroxyl groups is 1. The second-order valence-corrected chi connectivity index (χ2v) is 6.55. The van der Waals surface area contributed by atoms with E-state index in [1.807, 2.05) is 12.1 Å². The van der Waals surface area contributed by atoms with Gasteiger partial charge < -0.3 is 5.11 Å². The van der Waals surface area contributed by atoms with Gasteiger partial charge in [-0.25, -0.2) is 0 Å². The van der Waals surface area contributed by atoms with E-state index in [9.17, 15) is 5.11 Å². The fraction of sp³-hybridized carbons (Fsp3) is 0.625. The van der Waals surface area contributed by atoms with Gasteiger partial charge in [-0.05, 0) is 68.3 Å². The maximum Gasteiger partial charge on any atom is 0.115 e. The Morgan fingerprint density at radius 3 is 2.89 bits per heavy atom. The molecule has 0 aromatic heterocycles. The number of rotatable bonds is 1. The number of phenolic OH excluding ortho intramolecular Hbond substituents is 1. The van der Waals surface area contributed by atoms with Crippen LogP contribution in [0.4, 0.5) is 0 Å². The third-order valence-corrected chi connectivity index (χ3v) is 4.94. The lowest BCUT2D eigenvalue weighted by molar-refractivity contribution is 0.0610. The molecular formula is C16H23NO. The minimum atomic E-state index is 0.266. The summed E-state index contributed by atoms with van der Waals surface area (Å²) >= 11 is 0. The van der Waals surface area contributed by atoms with Crippen LogP contribution >= 0.6 is 0 Å². The maximum absolute atomic E-state index is 9.73. The standard InChI is InChI=1S/C16H23NO/c1-11(2)17-7-6-16(3)10-13(17)8-12-4-5-14(18)9-15(12)16/h4-5,9,11,13,18H,6-8,10H2,1-3H3/t13?,16-/m0/s1. The maximum atomic E-state index is 9.73. The van der Waals surface area contributed by atoms with Gasteiger partial charge in [0.05, 0.1) is 0 Å². The number of hydrogen-bond acceptors (Lipinski definition) is 2. The highest BCUT2D eigenvalue weighted by molar-refractivity contribution is 5.43. The number of fused-ring (bicyclic) bond motifs is 4. The number of hydrogen-bond donors (Lipinski definition) is 1. The van der Waals surface area contributed by atoms with Crippen LogP contribution in [0.3, 0.4) is 0 Å². The van der Waals surface area contributed by atoms with Crippen molar-refractivity contribution in [2.45, 2.75) is 57.5 Å².